The van der Waals surface area contributed by atoms with Gasteiger partial charge in [0.2, 0.25) is 0 Å². The second kappa shape index (κ2) is 9.04. The number of amides is 1. The zero-order chi connectivity index (χ0) is 23.5. The fraction of sp³-hybridized carbons (Fsp3) is 0.160. The van der Waals surface area contributed by atoms with Gasteiger partial charge in [0.05, 0.1) is 12.7 Å². The number of hydrogen-bond donors (Lipinski definition) is 1. The molecule has 0 spiro atoms. The number of para-hydroxylation sites is 1. The number of aliphatic hydroxyl groups excluding tert-OH is 1. The van der Waals surface area contributed by atoms with Crippen molar-refractivity contribution in [3.05, 3.63) is 89.7 Å². The van der Waals surface area contributed by atoms with Crippen LogP contribution in [0.5, 0.6) is 11.5 Å². The van der Waals surface area contributed by atoms with E-state index in [1.165, 1.54) is 12.0 Å². The summed E-state index contributed by atoms with van der Waals surface area (Å²) in [5.41, 5.74) is 0.799. The third-order valence-corrected chi connectivity index (χ3v) is 5.24. The lowest BCUT2D eigenvalue weighted by Gasteiger charge is -2.24. The molecule has 1 amide bonds. The lowest BCUT2D eigenvalue weighted by molar-refractivity contribution is -0.132. The summed E-state index contributed by atoms with van der Waals surface area (Å²) in [7, 11) is 1.49. The zero-order valence-electron chi connectivity index (χ0n) is 18.1. The molecule has 1 fully saturated rings. The molecule has 4 rings (SSSR count). The Bertz CT molecular complexity index is 1240. The highest BCUT2D eigenvalue weighted by atomic mass is 16.5. The second-order valence-corrected chi connectivity index (χ2v) is 7.33. The number of methoxy groups -OCH3 is 1. The third-order valence-electron chi connectivity index (χ3n) is 5.24. The first-order chi connectivity index (χ1) is 16.0. The van der Waals surface area contributed by atoms with E-state index in [1.807, 2.05) is 0 Å². The largest absolute Gasteiger partial charge is 0.507 e. The number of hydrogen-bond acceptors (Lipinski definition) is 7. The van der Waals surface area contributed by atoms with Crippen LogP contribution in [-0.2, 0) is 9.59 Å². The minimum Gasteiger partial charge on any atom is -0.507 e. The summed E-state index contributed by atoms with van der Waals surface area (Å²) < 4.78 is 16.1. The molecule has 0 aliphatic carbocycles. The molecule has 0 unspecified atom stereocenters. The standard InChI is InChI=1S/C25H22N2O6/c1-4-13-32-17-11-9-16(10-12-17)23(28)21-22(18-7-5-6-8-19(18)31-3)27(25(30)24(21)29)20-14-15(2)33-26-20/h4-12,14,22,28H,1,13H2,2-3H3/b23-21+/t22-/m0/s1. The monoisotopic (exact) mass is 446 g/mol. The van der Waals surface area contributed by atoms with E-state index in [9.17, 15) is 14.7 Å². The van der Waals surface area contributed by atoms with Gasteiger partial charge in [0.25, 0.3) is 5.78 Å². The second-order valence-electron chi connectivity index (χ2n) is 7.33. The van der Waals surface area contributed by atoms with Crippen LogP contribution in [0.3, 0.4) is 0 Å². The molecule has 2 heterocycles. The highest BCUT2D eigenvalue weighted by Gasteiger charge is 2.49. The van der Waals surface area contributed by atoms with E-state index >= 15 is 0 Å². The van der Waals surface area contributed by atoms with Crippen LogP contribution in [0.15, 0.2) is 77.3 Å². The Morgan fingerprint density at radius 1 is 1.21 bits per heavy atom. The summed E-state index contributed by atoms with van der Waals surface area (Å²) in [4.78, 5) is 27.5. The third kappa shape index (κ3) is 3.98. The van der Waals surface area contributed by atoms with Gasteiger partial charge in [-0.25, -0.2) is 0 Å². The molecule has 0 bridgehead atoms. The van der Waals surface area contributed by atoms with E-state index in [0.717, 1.165) is 0 Å². The Labute approximate surface area is 190 Å². The maximum atomic E-state index is 13.2. The molecular weight excluding hydrogens is 424 g/mol. The average molecular weight is 446 g/mol. The molecule has 1 saturated heterocycles. The number of rotatable bonds is 7. The number of aryl methyl sites for hydroxylation is 1. The summed E-state index contributed by atoms with van der Waals surface area (Å²) in [6.45, 7) is 5.62. The molecule has 1 N–H and O–H groups in total. The number of carbonyl (C=O) groups excluding carboxylic acids is 2. The van der Waals surface area contributed by atoms with Crippen LogP contribution >= 0.6 is 0 Å². The molecule has 2 aromatic carbocycles. The average Bonchev–Trinajstić information content (AvgIpc) is 3.37. The molecule has 1 aromatic heterocycles. The molecule has 0 radical (unpaired) electrons. The first kappa shape index (κ1) is 21.9. The van der Waals surface area contributed by atoms with E-state index in [2.05, 4.69) is 11.7 Å². The Morgan fingerprint density at radius 2 is 1.94 bits per heavy atom. The molecule has 3 aromatic rings. The lowest BCUT2D eigenvalue weighted by Crippen LogP contribution is -2.29. The maximum absolute atomic E-state index is 13.2. The zero-order valence-corrected chi connectivity index (χ0v) is 18.1. The van der Waals surface area contributed by atoms with Gasteiger partial charge in [0.1, 0.15) is 35.7 Å². The van der Waals surface area contributed by atoms with Crippen LogP contribution < -0.4 is 14.4 Å². The highest BCUT2D eigenvalue weighted by molar-refractivity contribution is 6.51. The molecule has 0 saturated carbocycles. The van der Waals surface area contributed by atoms with Crippen molar-refractivity contribution in [1.82, 2.24) is 5.16 Å². The number of anilines is 1. The minimum absolute atomic E-state index is 0.0788. The molecule has 8 nitrogen and oxygen atoms in total. The number of aliphatic hydroxyl groups is 1. The first-order valence-corrected chi connectivity index (χ1v) is 10.2. The van der Waals surface area contributed by atoms with Gasteiger partial charge in [-0.3, -0.25) is 14.5 Å². The van der Waals surface area contributed by atoms with E-state index in [0.29, 0.717) is 35.0 Å². The summed E-state index contributed by atoms with van der Waals surface area (Å²) in [6, 6.07) is 14.1. The van der Waals surface area contributed by atoms with E-state index in [-0.39, 0.29) is 17.2 Å². The molecule has 168 valence electrons. The first-order valence-electron chi connectivity index (χ1n) is 10.2. The van der Waals surface area contributed by atoms with Gasteiger partial charge in [-0.1, -0.05) is 36.0 Å². The molecule has 33 heavy (non-hydrogen) atoms. The lowest BCUT2D eigenvalue weighted by atomic mass is 9.94. The van der Waals surface area contributed by atoms with Crippen LogP contribution in [-0.4, -0.2) is 35.7 Å². The Kier molecular flexibility index (Phi) is 5.99. The van der Waals surface area contributed by atoms with Crippen molar-refractivity contribution in [2.75, 3.05) is 18.6 Å². The van der Waals surface area contributed by atoms with Gasteiger partial charge in [-0.15, -0.1) is 0 Å². The van der Waals surface area contributed by atoms with Crippen molar-refractivity contribution < 1.29 is 28.7 Å². The van der Waals surface area contributed by atoms with Crippen LogP contribution in [0.1, 0.15) is 22.9 Å². The highest BCUT2D eigenvalue weighted by Crippen LogP contribution is 2.44. The number of aromatic nitrogens is 1. The topological polar surface area (TPSA) is 102 Å². The number of carbonyl (C=O) groups is 2. The van der Waals surface area contributed by atoms with Gasteiger partial charge in [0, 0.05) is 17.2 Å². The van der Waals surface area contributed by atoms with Crippen molar-refractivity contribution in [2.24, 2.45) is 0 Å². The van der Waals surface area contributed by atoms with Crippen LogP contribution in [0.25, 0.3) is 5.76 Å². The predicted octanol–water partition coefficient (Wildman–Crippen LogP) is 4.18. The fourth-order valence-corrected chi connectivity index (χ4v) is 3.74. The van der Waals surface area contributed by atoms with Crippen molar-refractivity contribution in [3.8, 4) is 11.5 Å². The number of ketones is 1. The summed E-state index contributed by atoms with van der Waals surface area (Å²) in [5.74, 6) is -0.316. The van der Waals surface area contributed by atoms with Gasteiger partial charge in [0.15, 0.2) is 5.82 Å². The van der Waals surface area contributed by atoms with Crippen LogP contribution in [0.4, 0.5) is 5.82 Å². The van der Waals surface area contributed by atoms with Gasteiger partial charge < -0.3 is 19.1 Å². The molecular formula is C25H22N2O6. The number of benzene rings is 2. The normalized spacial score (nSPS) is 17.3. The smallest absolute Gasteiger partial charge is 0.301 e. The maximum Gasteiger partial charge on any atom is 0.301 e. The van der Waals surface area contributed by atoms with Crippen LogP contribution in [0, 0.1) is 6.92 Å². The summed E-state index contributed by atoms with van der Waals surface area (Å²) in [6.07, 6.45) is 1.62. The summed E-state index contributed by atoms with van der Waals surface area (Å²) in [5, 5.41) is 15.1. The Balaban J connectivity index is 1.88. The number of nitrogens with zero attached hydrogens (tertiary/aromatic N) is 2. The van der Waals surface area contributed by atoms with Crippen molar-refractivity contribution in [2.45, 2.75) is 13.0 Å². The van der Waals surface area contributed by atoms with E-state index in [1.54, 1.807) is 67.6 Å². The molecule has 1 atom stereocenters. The number of ether oxygens (including phenoxy) is 2. The summed E-state index contributed by atoms with van der Waals surface area (Å²) >= 11 is 0. The van der Waals surface area contributed by atoms with E-state index in [4.69, 9.17) is 14.0 Å². The fourth-order valence-electron chi connectivity index (χ4n) is 3.74. The van der Waals surface area contributed by atoms with Crippen molar-refractivity contribution >= 4 is 23.3 Å². The van der Waals surface area contributed by atoms with Crippen molar-refractivity contribution in [1.29, 1.82) is 0 Å². The number of Topliss-reactive ketones (excluding diaryl/α,β-unsaturated/α-hetero) is 1. The van der Waals surface area contributed by atoms with Gasteiger partial charge in [-0.2, -0.15) is 0 Å². The SMILES string of the molecule is C=CCOc1ccc(/C(O)=C2\C(=O)C(=O)N(c3cc(C)on3)[C@H]2c2ccccc2OC)cc1. The predicted molar refractivity (Wildman–Crippen MR) is 121 cm³/mol. The Morgan fingerprint density at radius 3 is 2.58 bits per heavy atom. The van der Waals surface area contributed by atoms with Crippen molar-refractivity contribution in [3.63, 3.8) is 0 Å². The minimum atomic E-state index is -0.970. The quantitative estimate of drug-likeness (QED) is 0.251. The van der Waals surface area contributed by atoms with Gasteiger partial charge >= 0.3 is 5.91 Å². The van der Waals surface area contributed by atoms with Crippen LogP contribution in [0.2, 0.25) is 0 Å². The Hall–Kier alpha value is -4.33. The molecule has 8 heteroatoms. The molecule has 1 aliphatic heterocycles. The van der Waals surface area contributed by atoms with E-state index < -0.39 is 17.7 Å². The van der Waals surface area contributed by atoms with Gasteiger partial charge in [-0.05, 0) is 37.3 Å². The molecule has 1 aliphatic rings.